The molecule has 1 amide bonds. The minimum Gasteiger partial charge on any atom is -0.325 e. The highest BCUT2D eigenvalue weighted by molar-refractivity contribution is 8.00. The molecule has 0 fully saturated rings. The van der Waals surface area contributed by atoms with E-state index in [1.165, 1.54) is 28.6 Å². The first kappa shape index (κ1) is 21.9. The van der Waals surface area contributed by atoms with Gasteiger partial charge in [-0.2, -0.15) is 0 Å². The van der Waals surface area contributed by atoms with E-state index in [2.05, 4.69) is 5.32 Å². The summed E-state index contributed by atoms with van der Waals surface area (Å²) in [5, 5.41) is 4.00. The standard InChI is InChI=1S/C26H25N3O2S2/c1-16(23(30)27-20-14-8-6-12-18(20)17-10-4-3-5-11-17)32-26-28-24-22(25(31)29(26)2)19-13-7-9-15-21(19)33-24/h3-6,8,10-12,14,16H,7,9,13,15H2,1-2H3,(H,27,30). The maximum Gasteiger partial charge on any atom is 0.262 e. The van der Waals surface area contributed by atoms with Crippen molar-refractivity contribution in [1.82, 2.24) is 9.55 Å². The second-order valence-corrected chi connectivity index (χ2v) is 10.7. The van der Waals surface area contributed by atoms with Crippen LogP contribution in [0.25, 0.3) is 21.3 Å². The zero-order valence-corrected chi connectivity index (χ0v) is 20.3. The van der Waals surface area contributed by atoms with Gasteiger partial charge in [0.15, 0.2) is 5.16 Å². The van der Waals surface area contributed by atoms with Crippen LogP contribution >= 0.6 is 23.1 Å². The average Bonchev–Trinajstić information content (AvgIpc) is 3.21. The second-order valence-electron chi connectivity index (χ2n) is 8.31. The van der Waals surface area contributed by atoms with Gasteiger partial charge in [-0.05, 0) is 49.8 Å². The number of nitrogens with one attached hydrogen (secondary N) is 1. The molecule has 0 saturated carbocycles. The molecule has 1 aliphatic carbocycles. The monoisotopic (exact) mass is 475 g/mol. The van der Waals surface area contributed by atoms with Gasteiger partial charge in [-0.3, -0.25) is 14.2 Å². The molecule has 5 nitrogen and oxygen atoms in total. The van der Waals surface area contributed by atoms with Gasteiger partial charge >= 0.3 is 0 Å². The number of rotatable bonds is 5. The van der Waals surface area contributed by atoms with Crippen LogP contribution in [0.15, 0.2) is 64.5 Å². The lowest BCUT2D eigenvalue weighted by molar-refractivity contribution is -0.115. The summed E-state index contributed by atoms with van der Waals surface area (Å²) < 4.78 is 1.59. The zero-order chi connectivity index (χ0) is 22.9. The van der Waals surface area contributed by atoms with Crippen LogP contribution in [-0.2, 0) is 24.7 Å². The van der Waals surface area contributed by atoms with Crippen molar-refractivity contribution in [3.8, 4) is 11.1 Å². The van der Waals surface area contributed by atoms with Gasteiger partial charge in [-0.15, -0.1) is 11.3 Å². The number of thiophene rings is 1. The molecule has 0 bridgehead atoms. The topological polar surface area (TPSA) is 64.0 Å². The predicted octanol–water partition coefficient (Wildman–Crippen LogP) is 5.66. The quantitative estimate of drug-likeness (QED) is 0.299. The Morgan fingerprint density at radius 3 is 2.64 bits per heavy atom. The number of thioether (sulfide) groups is 1. The molecule has 0 saturated heterocycles. The van der Waals surface area contributed by atoms with Crippen molar-refractivity contribution >= 4 is 44.9 Å². The first-order valence-corrected chi connectivity index (χ1v) is 12.9. The predicted molar refractivity (Wildman–Crippen MR) is 137 cm³/mol. The molecule has 168 valence electrons. The molecule has 0 radical (unpaired) electrons. The number of aromatic nitrogens is 2. The molecule has 7 heteroatoms. The van der Waals surface area contributed by atoms with Crippen molar-refractivity contribution in [3.05, 3.63) is 75.4 Å². The van der Waals surface area contributed by atoms with Gasteiger partial charge in [0.1, 0.15) is 4.83 Å². The van der Waals surface area contributed by atoms with Crippen LogP contribution in [0, 0.1) is 0 Å². The van der Waals surface area contributed by atoms with Crippen molar-refractivity contribution in [1.29, 1.82) is 0 Å². The van der Waals surface area contributed by atoms with Crippen LogP contribution in [0.3, 0.4) is 0 Å². The fourth-order valence-corrected chi connectivity index (χ4v) is 6.46. The first-order valence-electron chi connectivity index (χ1n) is 11.2. The third kappa shape index (κ3) is 4.23. The fourth-order valence-electron chi connectivity index (χ4n) is 4.28. The van der Waals surface area contributed by atoms with E-state index in [4.69, 9.17) is 4.98 Å². The van der Waals surface area contributed by atoms with Gasteiger partial charge in [0.25, 0.3) is 5.56 Å². The van der Waals surface area contributed by atoms with Crippen molar-refractivity contribution < 1.29 is 4.79 Å². The number of benzene rings is 2. The summed E-state index contributed by atoms with van der Waals surface area (Å²) in [5.41, 5.74) is 3.96. The van der Waals surface area contributed by atoms with Crippen LogP contribution in [0.4, 0.5) is 5.69 Å². The highest BCUT2D eigenvalue weighted by Gasteiger charge is 2.23. The molecule has 2 aromatic carbocycles. The van der Waals surface area contributed by atoms with E-state index in [0.717, 1.165) is 46.3 Å². The van der Waals surface area contributed by atoms with Crippen LogP contribution in [0.2, 0.25) is 0 Å². The van der Waals surface area contributed by atoms with Gasteiger partial charge in [-0.1, -0.05) is 60.3 Å². The summed E-state index contributed by atoms with van der Waals surface area (Å²) in [7, 11) is 1.75. The van der Waals surface area contributed by atoms with Gasteiger partial charge in [0, 0.05) is 23.2 Å². The van der Waals surface area contributed by atoms with Gasteiger partial charge in [0.2, 0.25) is 5.91 Å². The number of anilines is 1. The molecular weight excluding hydrogens is 450 g/mol. The lowest BCUT2D eigenvalue weighted by Crippen LogP contribution is -2.26. The SMILES string of the molecule is CC(Sc1nc2sc3c(c2c(=O)n1C)CCCC3)C(=O)Nc1ccccc1-c1ccccc1. The van der Waals surface area contributed by atoms with Crippen LogP contribution in [0.5, 0.6) is 0 Å². The Hall–Kier alpha value is -2.90. The number of carbonyl (C=O) groups is 1. The Kier molecular flexibility index (Phi) is 6.08. The van der Waals surface area contributed by atoms with Gasteiger partial charge in [0.05, 0.1) is 10.6 Å². The third-order valence-corrected chi connectivity index (χ3v) is 8.41. The van der Waals surface area contributed by atoms with Crippen molar-refractivity contribution in [2.75, 3.05) is 5.32 Å². The number of fused-ring (bicyclic) bond motifs is 3. The number of carbonyl (C=O) groups excluding carboxylic acids is 1. The van der Waals surface area contributed by atoms with E-state index in [0.29, 0.717) is 5.16 Å². The number of nitrogens with zero attached hydrogens (tertiary/aromatic N) is 2. The van der Waals surface area contributed by atoms with E-state index in [9.17, 15) is 9.59 Å². The van der Waals surface area contributed by atoms with E-state index in [1.54, 1.807) is 23.0 Å². The Bertz CT molecular complexity index is 1390. The highest BCUT2D eigenvalue weighted by Crippen LogP contribution is 2.35. The molecule has 2 aromatic heterocycles. The van der Waals surface area contributed by atoms with Crippen LogP contribution in [-0.4, -0.2) is 20.7 Å². The molecule has 5 rings (SSSR count). The molecule has 4 aromatic rings. The summed E-state index contributed by atoms with van der Waals surface area (Å²) in [6.07, 6.45) is 4.28. The molecule has 0 spiro atoms. The number of amides is 1. The van der Waals surface area contributed by atoms with Gasteiger partial charge in [-0.25, -0.2) is 4.98 Å². The smallest absolute Gasteiger partial charge is 0.262 e. The van der Waals surface area contributed by atoms with Crippen LogP contribution in [0.1, 0.15) is 30.2 Å². The average molecular weight is 476 g/mol. The Labute approximate surface area is 200 Å². The number of hydrogen-bond acceptors (Lipinski definition) is 5. The van der Waals surface area contributed by atoms with E-state index in [1.807, 2.05) is 61.5 Å². The fraction of sp³-hybridized carbons (Fsp3) is 0.269. The Balaban J connectivity index is 1.39. The highest BCUT2D eigenvalue weighted by atomic mass is 32.2. The molecule has 2 heterocycles. The summed E-state index contributed by atoms with van der Waals surface area (Å²) in [6.45, 7) is 1.85. The molecule has 33 heavy (non-hydrogen) atoms. The number of aryl methyl sites for hydroxylation is 2. The summed E-state index contributed by atoms with van der Waals surface area (Å²) in [5.74, 6) is -0.122. The number of hydrogen-bond donors (Lipinski definition) is 1. The molecule has 1 atom stereocenters. The van der Waals surface area contributed by atoms with E-state index in [-0.39, 0.29) is 11.5 Å². The maximum atomic E-state index is 13.1. The summed E-state index contributed by atoms with van der Waals surface area (Å²) >= 11 is 2.96. The van der Waals surface area contributed by atoms with Crippen LogP contribution < -0.4 is 10.9 Å². The van der Waals surface area contributed by atoms with Gasteiger partial charge < -0.3 is 5.32 Å². The molecule has 0 aliphatic heterocycles. The van der Waals surface area contributed by atoms with E-state index >= 15 is 0 Å². The molecule has 1 unspecified atom stereocenters. The third-order valence-electron chi connectivity index (χ3n) is 6.08. The first-order chi connectivity index (χ1) is 16.0. The van der Waals surface area contributed by atoms with Crippen molar-refractivity contribution in [3.63, 3.8) is 0 Å². The molecular formula is C26H25N3O2S2. The summed E-state index contributed by atoms with van der Waals surface area (Å²) in [6, 6.07) is 17.8. The lowest BCUT2D eigenvalue weighted by atomic mass is 9.97. The molecule has 1 N–H and O–H groups in total. The summed E-state index contributed by atoms with van der Waals surface area (Å²) in [4.78, 5) is 33.1. The maximum absolute atomic E-state index is 13.1. The second kappa shape index (κ2) is 9.15. The minimum atomic E-state index is -0.418. The Morgan fingerprint density at radius 2 is 1.82 bits per heavy atom. The normalized spacial score (nSPS) is 14.1. The lowest BCUT2D eigenvalue weighted by Gasteiger charge is -2.16. The largest absolute Gasteiger partial charge is 0.325 e. The number of para-hydroxylation sites is 1. The molecule has 1 aliphatic rings. The minimum absolute atomic E-state index is 0.0102. The van der Waals surface area contributed by atoms with Crippen molar-refractivity contribution in [2.45, 2.75) is 43.0 Å². The van der Waals surface area contributed by atoms with E-state index < -0.39 is 5.25 Å². The Morgan fingerprint density at radius 1 is 1.09 bits per heavy atom. The zero-order valence-electron chi connectivity index (χ0n) is 18.6. The van der Waals surface area contributed by atoms with Crippen molar-refractivity contribution in [2.24, 2.45) is 7.05 Å².